The summed E-state index contributed by atoms with van der Waals surface area (Å²) in [6, 6.07) is 8.48. The van der Waals surface area contributed by atoms with E-state index >= 15 is 0 Å². The summed E-state index contributed by atoms with van der Waals surface area (Å²) in [6.45, 7) is 5.68. The lowest BCUT2D eigenvalue weighted by Crippen LogP contribution is -2.33. The van der Waals surface area contributed by atoms with Crippen molar-refractivity contribution in [2.45, 2.75) is 108 Å². The highest BCUT2D eigenvalue weighted by Gasteiger charge is 2.50. The molecule has 0 bridgehead atoms. The van der Waals surface area contributed by atoms with Gasteiger partial charge in [0, 0.05) is 97.3 Å². The van der Waals surface area contributed by atoms with E-state index in [9.17, 15) is 79.2 Å². The van der Waals surface area contributed by atoms with Crippen molar-refractivity contribution < 1.29 is 122 Å². The lowest BCUT2D eigenvalue weighted by atomic mass is 9.74. The molecule has 1 fully saturated rings. The van der Waals surface area contributed by atoms with Crippen molar-refractivity contribution in [1.29, 1.82) is 0 Å². The normalized spacial score (nSPS) is 19.7. The van der Waals surface area contributed by atoms with E-state index in [1.165, 1.54) is 38.5 Å². The van der Waals surface area contributed by atoms with Gasteiger partial charge < -0.3 is 65.7 Å². The number of ether oxygens (including phenoxy) is 7. The largest absolute Gasteiger partial charge is 0.748 e. The zero-order valence-corrected chi connectivity index (χ0v) is 58.8. The topological polar surface area (TPSA) is 421 Å². The van der Waals surface area contributed by atoms with Gasteiger partial charge in [-0.05, 0) is 134 Å². The summed E-state index contributed by atoms with van der Waals surface area (Å²) in [4.78, 5) is 41.0. The van der Waals surface area contributed by atoms with Gasteiger partial charge in [0.2, 0.25) is 5.69 Å². The van der Waals surface area contributed by atoms with Gasteiger partial charge in [0.25, 0.3) is 11.8 Å². The number of anilines is 1. The highest BCUT2D eigenvalue weighted by atomic mass is 35.5. The Hall–Kier alpha value is -6.00. The molecule has 0 saturated carbocycles. The number of hydrogen-bond donors (Lipinski definition) is 0. The molecule has 538 valence electrons. The first-order valence-corrected chi connectivity index (χ1v) is 38.6. The zero-order chi connectivity index (χ0) is 71.6. The molecule has 4 aromatic rings. The third-order valence-corrected chi connectivity index (χ3v) is 21.8. The van der Waals surface area contributed by atoms with Gasteiger partial charge >= 0.3 is 5.97 Å². The molecule has 8 rings (SSSR count). The second-order valence-corrected chi connectivity index (χ2v) is 31.1. The average Bonchev–Trinajstić information content (AvgIpc) is 1.51. The van der Waals surface area contributed by atoms with Crippen LogP contribution in [0.1, 0.15) is 89.2 Å². The van der Waals surface area contributed by atoms with Crippen molar-refractivity contribution >= 4 is 119 Å². The Balaban J connectivity index is 1.26. The van der Waals surface area contributed by atoms with Crippen LogP contribution in [0.4, 0.5) is 11.4 Å². The lowest BCUT2D eigenvalue weighted by Gasteiger charge is -2.31. The fourth-order valence-corrected chi connectivity index (χ4v) is 16.1. The summed E-state index contributed by atoms with van der Waals surface area (Å²) in [7, 11) is -23.6. The number of allylic oxidation sites excluding steroid dienone is 8. The van der Waals surface area contributed by atoms with Crippen molar-refractivity contribution in [1.82, 2.24) is 5.06 Å². The molecule has 4 aromatic carbocycles. The Morgan fingerprint density at radius 2 is 1.10 bits per heavy atom. The molecule has 1 aliphatic carbocycles. The number of carbonyl (C=O) groups excluding carboxylic acids is 3. The fraction of sp³-hybridized carbons (Fsp3) is 0.492. The van der Waals surface area contributed by atoms with Gasteiger partial charge in [-0.3, -0.25) is 9.59 Å². The van der Waals surface area contributed by atoms with E-state index in [1.54, 1.807) is 47.6 Å². The van der Waals surface area contributed by atoms with Gasteiger partial charge in [-0.15, -0.1) is 5.06 Å². The smallest absolute Gasteiger partial charge is 0.333 e. The number of hydroxylamine groups is 2. The highest BCUT2D eigenvalue weighted by molar-refractivity contribution is 7.87. The first-order chi connectivity index (χ1) is 46.1. The molecule has 4 aliphatic rings. The zero-order valence-electron chi connectivity index (χ0n) is 54.0. The Kier molecular flexibility index (Phi) is 26.0. The van der Waals surface area contributed by atoms with E-state index in [1.807, 2.05) is 0 Å². The molecule has 0 aromatic heterocycles. The van der Waals surface area contributed by atoms with Crippen LogP contribution in [0.3, 0.4) is 0 Å². The maximum Gasteiger partial charge on any atom is 0.333 e. The van der Waals surface area contributed by atoms with Crippen molar-refractivity contribution in [3.05, 3.63) is 106 Å². The number of benzene rings is 4. The van der Waals surface area contributed by atoms with Crippen molar-refractivity contribution in [3.63, 3.8) is 0 Å². The summed E-state index contributed by atoms with van der Waals surface area (Å²) >= 11 is 7.46. The molecule has 0 N–H and O–H groups in total. The van der Waals surface area contributed by atoms with E-state index < -0.39 is 105 Å². The summed E-state index contributed by atoms with van der Waals surface area (Å²) < 4.78 is 231. The van der Waals surface area contributed by atoms with Gasteiger partial charge in [0.1, 0.15) is 47.1 Å². The van der Waals surface area contributed by atoms with E-state index in [0.717, 1.165) is 12.1 Å². The number of imide groups is 1. The summed E-state index contributed by atoms with van der Waals surface area (Å²) in [5.74, 6) is -3.20. The molecule has 0 radical (unpaired) electrons. The minimum Gasteiger partial charge on any atom is -0.748 e. The second kappa shape index (κ2) is 32.8. The Morgan fingerprint density at radius 3 is 1.63 bits per heavy atom. The number of hydrogen-bond acceptors (Lipinski definition) is 27. The SMILES string of the molecule is COCCOCCOCCOCCC1(C)/C(=C\C=C2/CCCC(/C=C/C3=[N+](CCOCCOCCOC)c4ccc5c(S(=O)(=O)[O-])cc(S(=O)(=O)[O-])cc5c4C3(C)CCCS(=O)(=O)[O-])=C2Cl)N(CCCC(=O)ON2C(=O)CCC2=O)c2ccc3c(S(=O)(=O)[O-])cc(S(=O)(=O)[O-])cc3c21. The molecule has 35 heteroatoms. The number of nitrogens with zero attached hydrogens (tertiary/aromatic N) is 3. The number of amides is 2. The highest BCUT2D eigenvalue weighted by Crippen LogP contribution is 2.55. The molecule has 2 amide bonds. The summed E-state index contributed by atoms with van der Waals surface area (Å²) in [6.07, 6.45) is 6.86. The molecule has 2 atom stereocenters. The van der Waals surface area contributed by atoms with Gasteiger partial charge in [0.05, 0.1) is 101 Å². The van der Waals surface area contributed by atoms with Crippen LogP contribution in [0, 0.1) is 0 Å². The Bertz CT molecular complexity index is 4460. The number of rotatable bonds is 37. The minimum atomic E-state index is -5.47. The quantitative estimate of drug-likeness (QED) is 0.0240. The van der Waals surface area contributed by atoms with Gasteiger partial charge in [-0.2, -0.15) is 4.58 Å². The van der Waals surface area contributed by atoms with Gasteiger partial charge in [-0.25, -0.2) is 46.9 Å². The van der Waals surface area contributed by atoms with Gasteiger partial charge in [-0.1, -0.05) is 29.8 Å². The van der Waals surface area contributed by atoms with Crippen LogP contribution in [0.2, 0.25) is 0 Å². The molecular weight excluding hydrogens is 1410 g/mol. The Morgan fingerprint density at radius 1 is 0.582 bits per heavy atom. The number of halogens is 1. The molecule has 3 heterocycles. The van der Waals surface area contributed by atoms with E-state index in [4.69, 9.17) is 49.6 Å². The predicted octanol–water partition coefficient (Wildman–Crippen LogP) is 5.27. The van der Waals surface area contributed by atoms with Crippen LogP contribution < -0.4 is 4.90 Å². The van der Waals surface area contributed by atoms with Gasteiger partial charge in [0.15, 0.2) is 12.3 Å². The van der Waals surface area contributed by atoms with Crippen LogP contribution in [0.25, 0.3) is 21.5 Å². The van der Waals surface area contributed by atoms with E-state index in [2.05, 4.69) is 0 Å². The third kappa shape index (κ3) is 18.7. The van der Waals surface area contributed by atoms with Crippen LogP contribution in [-0.4, -0.2) is 210 Å². The minimum absolute atomic E-state index is 0.00182. The van der Waals surface area contributed by atoms with Crippen molar-refractivity contribution in [3.8, 4) is 0 Å². The van der Waals surface area contributed by atoms with E-state index in [0.29, 0.717) is 90.2 Å². The molecular formula is C63H74ClN3O26S5-4. The fourth-order valence-electron chi connectivity index (χ4n) is 12.6. The molecule has 1 saturated heterocycles. The number of carbonyl (C=O) groups is 3. The lowest BCUT2D eigenvalue weighted by molar-refractivity contribution is -0.442. The maximum atomic E-state index is 13.3. The predicted molar refractivity (Wildman–Crippen MR) is 346 cm³/mol. The first kappa shape index (κ1) is 77.7. The summed E-state index contributed by atoms with van der Waals surface area (Å²) in [5, 5.41) is -0.0598. The average molecular weight is 1490 g/mol. The van der Waals surface area contributed by atoms with Crippen molar-refractivity contribution in [2.75, 3.05) is 117 Å². The standard InChI is InChI=1S/C63H78ClN3O26S5/c1-62(21-7-37-94(71,72)73)54(66(24-26-89-32-34-90-29-27-86-3)51-16-14-46-48(59(51)62)38-44(95(74,75)76)40-52(46)97(80,81)82)17-11-42-8-5-9-43(61(42)64)12-18-55-63(2,22-25-88-31-33-92-36-35-91-30-28-87-4)60-49-39-45(96(77,78)79)41-53(98(83,84)85)47(49)13-15-50(60)65(55)23-6-10-58(70)93-67-56(68)19-20-57(67)69/h11-18,38-41H,5-10,19-37H2,1-4H3,(H4-,71,72,73,74,75,76,77,78,79,80,81,82,83,84,85)/p-4. The van der Waals surface area contributed by atoms with Crippen LogP contribution in [0.5, 0.6) is 0 Å². The Labute approximate surface area is 573 Å². The molecule has 98 heavy (non-hydrogen) atoms. The third-order valence-electron chi connectivity index (χ3n) is 17.2. The second-order valence-electron chi connectivity index (χ2n) is 23.7. The first-order valence-electron chi connectivity index (χ1n) is 31.0. The molecule has 3 aliphatic heterocycles. The number of fused-ring (bicyclic) bond motifs is 6. The van der Waals surface area contributed by atoms with Crippen LogP contribution in [-0.2, 0) is 114 Å². The maximum absolute atomic E-state index is 13.3. The van der Waals surface area contributed by atoms with Crippen LogP contribution in [0.15, 0.2) is 114 Å². The van der Waals surface area contributed by atoms with E-state index in [-0.39, 0.29) is 155 Å². The van der Waals surface area contributed by atoms with Crippen molar-refractivity contribution in [2.24, 2.45) is 0 Å². The van der Waals surface area contributed by atoms with Crippen LogP contribution >= 0.6 is 11.6 Å². The monoisotopic (exact) mass is 1480 g/mol. The molecule has 0 spiro atoms. The molecule has 29 nitrogen and oxygen atoms in total. The summed E-state index contributed by atoms with van der Waals surface area (Å²) in [5.41, 5.74) is 0.134. The molecule has 2 unspecified atom stereocenters. The number of methoxy groups -OCH3 is 2.